The molecule has 0 saturated carbocycles. The molecule has 0 bridgehead atoms. The Morgan fingerprint density at radius 1 is 1.07 bits per heavy atom. The molecule has 2 N–H and O–H groups in total. The van der Waals surface area contributed by atoms with Crippen LogP contribution in [0.25, 0.3) is 32.6 Å². The number of carbonyl (C=O) groups excluding carboxylic acids is 3. The Labute approximate surface area is 263 Å². The molecule has 0 radical (unpaired) electrons. The van der Waals surface area contributed by atoms with Crippen LogP contribution in [0.15, 0.2) is 48.9 Å². The van der Waals surface area contributed by atoms with E-state index in [4.69, 9.17) is 4.74 Å². The van der Waals surface area contributed by atoms with E-state index in [0.29, 0.717) is 12.2 Å². The molecule has 4 heterocycles. The third-order valence-corrected chi connectivity index (χ3v) is 7.72. The second-order valence-corrected chi connectivity index (χ2v) is 12.0. The normalized spacial score (nSPS) is 14.1. The average Bonchev–Trinajstić information content (AvgIpc) is 3.67. The first-order valence-electron chi connectivity index (χ1n) is 14.8. The summed E-state index contributed by atoms with van der Waals surface area (Å²) < 4.78 is 6.59. The number of amides is 1. The predicted octanol–water partition coefficient (Wildman–Crippen LogP) is 5.78. The number of ether oxygens (including phenoxy) is 1. The number of esters is 1. The number of pyridine rings is 1. The Kier molecular flexibility index (Phi) is 12.6. The quantitative estimate of drug-likeness (QED) is 0.247. The number of aromatic nitrogens is 4. The molecule has 1 amide bonds. The van der Waals surface area contributed by atoms with Crippen molar-refractivity contribution in [3.63, 3.8) is 0 Å². The number of hydrogen-bond acceptors (Lipinski definition) is 10. The summed E-state index contributed by atoms with van der Waals surface area (Å²) in [7, 11) is 0. The zero-order chi connectivity index (χ0) is 32.3. The van der Waals surface area contributed by atoms with Crippen LogP contribution >= 0.6 is 11.3 Å². The van der Waals surface area contributed by atoms with E-state index in [1.54, 1.807) is 57.6 Å². The zero-order valence-electron chi connectivity index (χ0n) is 26.6. The van der Waals surface area contributed by atoms with Gasteiger partial charge in [-0.1, -0.05) is 13.0 Å². The molecule has 1 unspecified atom stereocenters. The lowest BCUT2D eigenvalue weighted by Gasteiger charge is -2.23. The van der Waals surface area contributed by atoms with E-state index in [1.165, 1.54) is 6.92 Å². The Morgan fingerprint density at radius 2 is 1.80 bits per heavy atom. The number of nitrogens with one attached hydrogen (secondary N) is 2. The van der Waals surface area contributed by atoms with E-state index in [1.807, 2.05) is 38.1 Å². The minimum Gasteiger partial charge on any atom is -0.451 e. The van der Waals surface area contributed by atoms with Gasteiger partial charge in [0.2, 0.25) is 5.91 Å². The minimum absolute atomic E-state index is 0.0394. The largest absolute Gasteiger partial charge is 0.451 e. The summed E-state index contributed by atoms with van der Waals surface area (Å²) in [4.78, 5) is 50.4. The number of carbonyl (C=O) groups is 3. The van der Waals surface area contributed by atoms with Crippen molar-refractivity contribution in [2.75, 3.05) is 13.1 Å². The van der Waals surface area contributed by atoms with Crippen LogP contribution in [-0.4, -0.2) is 56.7 Å². The number of benzene rings is 1. The molecule has 1 aromatic carbocycles. The van der Waals surface area contributed by atoms with Crippen LogP contribution in [0.1, 0.15) is 71.6 Å². The summed E-state index contributed by atoms with van der Waals surface area (Å²) in [5.41, 5.74) is 3.80. The highest BCUT2D eigenvalue weighted by atomic mass is 32.1. The standard InChI is InChI=1S/C23H22N4O2S.C6H11NO.C4H9NO/c1-5-20(28)29-23(3,4)22-25-12-16(13-26-22)15-10-17(18-8-6-7-9-24-18)21-19(11-15)27-14(2)30-21;1-5(8)6-3-2-4-7-6;1-3-5-4(2)6/h6-13H,5H2,1-4H3;6-7H,2-4H2,1H3;3H2,1-2H3,(H,5,6). The van der Waals surface area contributed by atoms with Gasteiger partial charge in [0, 0.05) is 49.6 Å². The van der Waals surface area contributed by atoms with Crippen molar-refractivity contribution in [1.82, 2.24) is 30.6 Å². The number of nitrogens with zero attached hydrogens (tertiary/aromatic N) is 4. The topological polar surface area (TPSA) is 136 Å². The summed E-state index contributed by atoms with van der Waals surface area (Å²) in [5, 5.41) is 6.68. The Balaban J connectivity index is 0.000000312. The molecule has 234 valence electrons. The lowest BCUT2D eigenvalue weighted by molar-refractivity contribution is -0.157. The highest BCUT2D eigenvalue weighted by molar-refractivity contribution is 7.19. The van der Waals surface area contributed by atoms with Gasteiger partial charge in [-0.15, -0.1) is 11.3 Å². The van der Waals surface area contributed by atoms with E-state index in [9.17, 15) is 14.4 Å². The molecule has 0 spiro atoms. The number of aryl methyl sites for hydroxylation is 1. The summed E-state index contributed by atoms with van der Waals surface area (Å²) in [6.45, 7) is 14.1. The fourth-order valence-corrected chi connectivity index (χ4v) is 5.42. The molecule has 3 aromatic heterocycles. The summed E-state index contributed by atoms with van der Waals surface area (Å²) >= 11 is 1.66. The van der Waals surface area contributed by atoms with Gasteiger partial charge in [0.25, 0.3) is 0 Å². The molecular weight excluding hydrogens is 576 g/mol. The number of fused-ring (bicyclic) bond motifs is 1. The molecule has 44 heavy (non-hydrogen) atoms. The Morgan fingerprint density at radius 3 is 2.30 bits per heavy atom. The molecule has 4 aromatic rings. The SMILES string of the molecule is CC(=O)C1CCCN1.CCC(=O)OC(C)(C)c1ncc(-c2cc(-c3ccccn3)c3sc(C)nc3c2)cn1.CCNC(C)=O. The van der Waals surface area contributed by atoms with Crippen LogP contribution in [0.4, 0.5) is 0 Å². The van der Waals surface area contributed by atoms with Gasteiger partial charge < -0.3 is 15.4 Å². The third kappa shape index (κ3) is 9.72. The van der Waals surface area contributed by atoms with Crippen molar-refractivity contribution in [3.05, 3.63) is 59.8 Å². The van der Waals surface area contributed by atoms with Gasteiger partial charge in [-0.3, -0.25) is 19.4 Å². The Bertz CT molecular complexity index is 1550. The number of thiazole rings is 1. The second-order valence-electron chi connectivity index (χ2n) is 10.8. The first-order valence-corrected chi connectivity index (χ1v) is 15.6. The van der Waals surface area contributed by atoms with Crippen molar-refractivity contribution in [3.8, 4) is 22.4 Å². The smallest absolute Gasteiger partial charge is 0.306 e. The van der Waals surface area contributed by atoms with Crippen LogP contribution in [0.2, 0.25) is 0 Å². The third-order valence-electron chi connectivity index (χ3n) is 6.70. The van der Waals surface area contributed by atoms with Crippen molar-refractivity contribution >= 4 is 39.2 Å². The van der Waals surface area contributed by atoms with E-state index >= 15 is 0 Å². The van der Waals surface area contributed by atoms with Crippen LogP contribution in [0.5, 0.6) is 0 Å². The molecule has 5 rings (SSSR count). The molecule has 1 atom stereocenters. The van der Waals surface area contributed by atoms with Gasteiger partial charge in [0.15, 0.2) is 11.4 Å². The first kappa shape index (κ1) is 34.4. The minimum atomic E-state index is -0.888. The lowest BCUT2D eigenvalue weighted by Crippen LogP contribution is -2.28. The fraction of sp³-hybridized carbons (Fsp3) is 0.424. The van der Waals surface area contributed by atoms with E-state index in [2.05, 4.69) is 36.6 Å². The molecule has 1 aliphatic rings. The molecule has 11 heteroatoms. The maximum Gasteiger partial charge on any atom is 0.306 e. The van der Waals surface area contributed by atoms with Gasteiger partial charge in [-0.25, -0.2) is 15.0 Å². The highest BCUT2D eigenvalue weighted by Crippen LogP contribution is 2.36. The molecule has 10 nitrogen and oxygen atoms in total. The van der Waals surface area contributed by atoms with Gasteiger partial charge >= 0.3 is 5.97 Å². The van der Waals surface area contributed by atoms with Crippen LogP contribution in [-0.2, 0) is 24.7 Å². The summed E-state index contributed by atoms with van der Waals surface area (Å²) in [6, 6.07) is 10.2. The van der Waals surface area contributed by atoms with Crippen LogP contribution in [0, 0.1) is 6.92 Å². The van der Waals surface area contributed by atoms with Gasteiger partial charge in [-0.2, -0.15) is 0 Å². The number of ketones is 1. The van der Waals surface area contributed by atoms with Crippen molar-refractivity contribution < 1.29 is 19.1 Å². The molecule has 1 saturated heterocycles. The Hall–Kier alpha value is -4.09. The van der Waals surface area contributed by atoms with Crippen LogP contribution in [0.3, 0.4) is 0 Å². The predicted molar refractivity (Wildman–Crippen MR) is 174 cm³/mol. The lowest BCUT2D eigenvalue weighted by atomic mass is 10.0. The van der Waals surface area contributed by atoms with Gasteiger partial charge in [0.1, 0.15) is 5.78 Å². The molecule has 1 fully saturated rings. The summed E-state index contributed by atoms with van der Waals surface area (Å²) in [5.74, 6) is 0.501. The van der Waals surface area contributed by atoms with Crippen molar-refractivity contribution in [2.45, 2.75) is 79.4 Å². The average molecular weight is 619 g/mol. The monoisotopic (exact) mass is 618 g/mol. The zero-order valence-corrected chi connectivity index (χ0v) is 27.4. The maximum absolute atomic E-state index is 11.7. The van der Waals surface area contributed by atoms with Crippen molar-refractivity contribution in [2.24, 2.45) is 0 Å². The maximum atomic E-state index is 11.7. The second kappa shape index (κ2) is 16.1. The molecular formula is C33H42N6O4S. The first-order chi connectivity index (χ1) is 20.9. The summed E-state index contributed by atoms with van der Waals surface area (Å²) in [6.07, 6.45) is 7.81. The van der Waals surface area contributed by atoms with Gasteiger partial charge in [-0.05, 0) is 83.8 Å². The number of rotatable bonds is 7. The van der Waals surface area contributed by atoms with Crippen molar-refractivity contribution in [1.29, 1.82) is 0 Å². The van der Waals surface area contributed by atoms with Gasteiger partial charge in [0.05, 0.1) is 27.0 Å². The molecule has 1 aliphatic heterocycles. The van der Waals surface area contributed by atoms with E-state index < -0.39 is 5.60 Å². The van der Waals surface area contributed by atoms with E-state index in [0.717, 1.165) is 63.5 Å². The fourth-order valence-electron chi connectivity index (χ4n) is 4.49. The van der Waals surface area contributed by atoms with E-state index in [-0.39, 0.29) is 23.7 Å². The molecule has 0 aliphatic carbocycles. The van der Waals surface area contributed by atoms with Crippen LogP contribution < -0.4 is 10.6 Å². The highest BCUT2D eigenvalue weighted by Gasteiger charge is 2.28. The number of Topliss-reactive ketones (excluding diaryl/α,β-unsaturated/α-hetero) is 1. The number of hydrogen-bond donors (Lipinski definition) is 2.